The molecule has 1 aromatic heterocycles. The summed E-state index contributed by atoms with van der Waals surface area (Å²) in [4.78, 5) is 7.72. The van der Waals surface area contributed by atoms with Gasteiger partial charge in [-0.2, -0.15) is 0 Å². The van der Waals surface area contributed by atoms with Crippen molar-refractivity contribution in [3.63, 3.8) is 0 Å². The number of hydrogen-bond acceptors (Lipinski definition) is 3. The first-order valence-electron chi connectivity index (χ1n) is 6.33. The molecule has 0 radical (unpaired) electrons. The van der Waals surface area contributed by atoms with Gasteiger partial charge in [-0.1, -0.05) is 36.4 Å². The lowest BCUT2D eigenvalue weighted by molar-refractivity contribution is 0.418. The minimum absolute atomic E-state index is 0.600. The number of hydrogen-bond donors (Lipinski definition) is 2. The number of imidazole rings is 1. The molecule has 3 N–H and O–H groups in total. The number of anilines is 1. The Kier molecular flexibility index (Phi) is 3.13. The second-order valence-corrected chi connectivity index (χ2v) is 4.44. The lowest BCUT2D eigenvalue weighted by Crippen LogP contribution is -1.95. The predicted molar refractivity (Wildman–Crippen MR) is 80.4 cm³/mol. The van der Waals surface area contributed by atoms with Gasteiger partial charge in [-0.3, -0.25) is 0 Å². The second-order valence-electron chi connectivity index (χ2n) is 4.44. The number of benzene rings is 2. The number of nitrogens with one attached hydrogen (secondary N) is 1. The molecule has 0 saturated heterocycles. The average Bonchev–Trinajstić information content (AvgIpc) is 2.97. The summed E-state index contributed by atoms with van der Waals surface area (Å²) >= 11 is 0. The average molecular weight is 265 g/mol. The maximum atomic E-state index is 5.92. The van der Waals surface area contributed by atoms with E-state index in [-0.39, 0.29) is 0 Å². The monoisotopic (exact) mass is 265 g/mol. The van der Waals surface area contributed by atoms with Gasteiger partial charge in [0.1, 0.15) is 5.82 Å². The van der Waals surface area contributed by atoms with Crippen LogP contribution in [0.3, 0.4) is 0 Å². The van der Waals surface area contributed by atoms with Crippen LogP contribution in [0.4, 0.5) is 5.69 Å². The molecule has 0 atom stereocenters. The van der Waals surface area contributed by atoms with E-state index in [1.807, 2.05) is 54.7 Å². The smallest absolute Gasteiger partial charge is 0.152 e. The molecule has 0 unspecified atom stereocenters. The zero-order chi connectivity index (χ0) is 13.9. The van der Waals surface area contributed by atoms with Crippen molar-refractivity contribution in [3.05, 3.63) is 54.7 Å². The SMILES string of the molecule is COc1c(N)cccc1-c1ncc(-c2ccccc2)[nH]1. The summed E-state index contributed by atoms with van der Waals surface area (Å²) in [5, 5.41) is 0. The Morgan fingerprint density at radius 2 is 1.85 bits per heavy atom. The standard InChI is InChI=1S/C16H15N3O/c1-20-15-12(8-5-9-13(15)17)16-18-10-14(19-16)11-6-3-2-4-7-11/h2-10H,17H2,1H3,(H,18,19). The van der Waals surface area contributed by atoms with Crippen LogP contribution in [0.1, 0.15) is 0 Å². The number of nitrogen functional groups attached to an aromatic ring is 1. The Morgan fingerprint density at radius 1 is 1.05 bits per heavy atom. The van der Waals surface area contributed by atoms with E-state index in [9.17, 15) is 0 Å². The summed E-state index contributed by atoms with van der Waals surface area (Å²) in [6, 6.07) is 15.7. The molecule has 3 aromatic rings. The number of aromatic nitrogens is 2. The van der Waals surface area contributed by atoms with Crippen molar-refractivity contribution in [2.75, 3.05) is 12.8 Å². The lowest BCUT2D eigenvalue weighted by atomic mass is 10.1. The van der Waals surface area contributed by atoms with Gasteiger partial charge in [0.05, 0.1) is 30.3 Å². The number of rotatable bonds is 3. The highest BCUT2D eigenvalue weighted by Gasteiger charge is 2.12. The van der Waals surface area contributed by atoms with Gasteiger partial charge in [0.15, 0.2) is 5.75 Å². The van der Waals surface area contributed by atoms with E-state index in [1.54, 1.807) is 7.11 Å². The van der Waals surface area contributed by atoms with Crippen molar-refractivity contribution >= 4 is 5.69 Å². The molecule has 0 spiro atoms. The Bertz CT molecular complexity index is 720. The van der Waals surface area contributed by atoms with Crippen molar-refractivity contribution in [2.45, 2.75) is 0 Å². The zero-order valence-corrected chi connectivity index (χ0v) is 11.1. The molecule has 20 heavy (non-hydrogen) atoms. The van der Waals surface area contributed by atoms with Gasteiger partial charge in [0.2, 0.25) is 0 Å². The van der Waals surface area contributed by atoms with Crippen molar-refractivity contribution in [1.29, 1.82) is 0 Å². The fourth-order valence-electron chi connectivity index (χ4n) is 2.19. The normalized spacial score (nSPS) is 10.4. The number of nitrogens with two attached hydrogens (primary N) is 1. The Balaban J connectivity index is 2.05. The zero-order valence-electron chi connectivity index (χ0n) is 11.1. The largest absolute Gasteiger partial charge is 0.494 e. The van der Waals surface area contributed by atoms with Gasteiger partial charge < -0.3 is 15.5 Å². The van der Waals surface area contributed by atoms with Gasteiger partial charge in [-0.05, 0) is 17.7 Å². The molecule has 2 aromatic carbocycles. The summed E-state index contributed by atoms with van der Waals surface area (Å²) in [6.45, 7) is 0. The molecular formula is C16H15N3O. The van der Waals surface area contributed by atoms with Crippen LogP contribution in [-0.2, 0) is 0 Å². The fourth-order valence-corrected chi connectivity index (χ4v) is 2.19. The third-order valence-electron chi connectivity index (χ3n) is 3.17. The van der Waals surface area contributed by atoms with Gasteiger partial charge in [0, 0.05) is 0 Å². The van der Waals surface area contributed by atoms with Crippen LogP contribution in [0.2, 0.25) is 0 Å². The predicted octanol–water partition coefficient (Wildman–Crippen LogP) is 3.33. The molecule has 1 heterocycles. The van der Waals surface area contributed by atoms with E-state index in [2.05, 4.69) is 9.97 Å². The summed E-state index contributed by atoms with van der Waals surface area (Å²) in [7, 11) is 1.61. The number of nitrogens with zero attached hydrogens (tertiary/aromatic N) is 1. The van der Waals surface area contributed by atoms with Gasteiger partial charge in [-0.25, -0.2) is 4.98 Å². The van der Waals surface area contributed by atoms with E-state index in [1.165, 1.54) is 0 Å². The minimum atomic E-state index is 0.600. The highest BCUT2D eigenvalue weighted by Crippen LogP contribution is 2.33. The summed E-state index contributed by atoms with van der Waals surface area (Å²) in [6.07, 6.45) is 1.81. The quantitative estimate of drug-likeness (QED) is 0.714. The van der Waals surface area contributed by atoms with Gasteiger partial charge in [-0.15, -0.1) is 0 Å². The number of ether oxygens (including phenoxy) is 1. The molecule has 0 aliphatic rings. The van der Waals surface area contributed by atoms with E-state index in [4.69, 9.17) is 10.5 Å². The first-order chi connectivity index (χ1) is 9.79. The number of para-hydroxylation sites is 1. The Hall–Kier alpha value is -2.75. The second kappa shape index (κ2) is 5.09. The highest BCUT2D eigenvalue weighted by molar-refractivity contribution is 5.74. The molecule has 0 saturated carbocycles. The Labute approximate surface area is 117 Å². The molecular weight excluding hydrogens is 250 g/mol. The summed E-state index contributed by atoms with van der Waals surface area (Å²) < 4.78 is 5.36. The van der Waals surface area contributed by atoms with E-state index in [0.29, 0.717) is 11.4 Å². The molecule has 0 aliphatic carbocycles. The maximum Gasteiger partial charge on any atom is 0.152 e. The lowest BCUT2D eigenvalue weighted by Gasteiger charge is -2.08. The first-order valence-corrected chi connectivity index (χ1v) is 6.33. The van der Waals surface area contributed by atoms with Crippen LogP contribution in [0.25, 0.3) is 22.6 Å². The van der Waals surface area contributed by atoms with Crippen molar-refractivity contribution in [1.82, 2.24) is 9.97 Å². The van der Waals surface area contributed by atoms with Crippen molar-refractivity contribution in [2.24, 2.45) is 0 Å². The molecule has 3 rings (SSSR count). The summed E-state index contributed by atoms with van der Waals surface area (Å²) in [5.41, 5.74) is 9.43. The number of aromatic amines is 1. The number of H-pyrrole nitrogens is 1. The molecule has 4 heteroatoms. The van der Waals surface area contributed by atoms with Crippen molar-refractivity contribution in [3.8, 4) is 28.4 Å². The minimum Gasteiger partial charge on any atom is -0.494 e. The van der Waals surface area contributed by atoms with E-state index < -0.39 is 0 Å². The topological polar surface area (TPSA) is 63.9 Å². The molecule has 0 bridgehead atoms. The van der Waals surface area contributed by atoms with Crippen LogP contribution < -0.4 is 10.5 Å². The van der Waals surface area contributed by atoms with E-state index in [0.717, 1.165) is 22.6 Å². The molecule has 100 valence electrons. The first kappa shape index (κ1) is 12.3. The molecule has 0 fully saturated rings. The van der Waals surface area contributed by atoms with Gasteiger partial charge >= 0.3 is 0 Å². The molecule has 0 amide bonds. The third-order valence-corrected chi connectivity index (χ3v) is 3.17. The van der Waals surface area contributed by atoms with Crippen molar-refractivity contribution < 1.29 is 4.74 Å². The number of methoxy groups -OCH3 is 1. The maximum absolute atomic E-state index is 5.92. The fraction of sp³-hybridized carbons (Fsp3) is 0.0625. The van der Waals surface area contributed by atoms with Crippen LogP contribution >= 0.6 is 0 Å². The van der Waals surface area contributed by atoms with Crippen LogP contribution in [0.5, 0.6) is 5.75 Å². The Morgan fingerprint density at radius 3 is 2.60 bits per heavy atom. The third kappa shape index (κ3) is 2.12. The molecule has 0 aliphatic heterocycles. The van der Waals surface area contributed by atoms with Gasteiger partial charge in [0.25, 0.3) is 0 Å². The van der Waals surface area contributed by atoms with Crippen LogP contribution in [0.15, 0.2) is 54.7 Å². The summed E-state index contributed by atoms with van der Waals surface area (Å²) in [5.74, 6) is 1.38. The van der Waals surface area contributed by atoms with Crippen LogP contribution in [0, 0.1) is 0 Å². The highest BCUT2D eigenvalue weighted by atomic mass is 16.5. The van der Waals surface area contributed by atoms with E-state index >= 15 is 0 Å². The molecule has 4 nitrogen and oxygen atoms in total. The van der Waals surface area contributed by atoms with Crippen LogP contribution in [-0.4, -0.2) is 17.1 Å².